The summed E-state index contributed by atoms with van der Waals surface area (Å²) in [6, 6.07) is 7.59. The van der Waals surface area contributed by atoms with E-state index in [1.807, 2.05) is 31.2 Å². The fourth-order valence-corrected chi connectivity index (χ4v) is 2.21. The van der Waals surface area contributed by atoms with Crippen molar-refractivity contribution >= 4 is 40.4 Å². The first-order valence-electron chi connectivity index (χ1n) is 6.48. The fourth-order valence-electron chi connectivity index (χ4n) is 2.02. The van der Waals surface area contributed by atoms with Gasteiger partial charge in [0, 0.05) is 29.2 Å². The number of para-hydroxylation sites is 1. The van der Waals surface area contributed by atoms with Crippen LogP contribution in [0, 0.1) is 0 Å². The standard InChI is InChI=1S/C14H16N4O2S/c1-2-15-14(21)17-16-7-10-8-18(9-13(19)20)12-6-4-3-5-11(10)12/h3-8H,2,9H2,1H3,(H,19,20)(H2,15,17,21). The molecule has 3 N–H and O–H groups in total. The molecule has 0 unspecified atom stereocenters. The van der Waals surface area contributed by atoms with E-state index < -0.39 is 5.97 Å². The second-order valence-corrected chi connectivity index (χ2v) is 4.76. The molecule has 0 spiro atoms. The summed E-state index contributed by atoms with van der Waals surface area (Å²) in [6.07, 6.45) is 3.39. The van der Waals surface area contributed by atoms with Crippen LogP contribution in [0.25, 0.3) is 10.9 Å². The van der Waals surface area contributed by atoms with Gasteiger partial charge in [0.25, 0.3) is 0 Å². The molecule has 110 valence electrons. The Kier molecular flexibility index (Phi) is 4.89. The molecule has 1 aromatic heterocycles. The van der Waals surface area contributed by atoms with Gasteiger partial charge in [0.15, 0.2) is 5.11 Å². The molecule has 0 atom stereocenters. The highest BCUT2D eigenvalue weighted by molar-refractivity contribution is 7.80. The van der Waals surface area contributed by atoms with E-state index >= 15 is 0 Å². The fraction of sp³-hybridized carbons (Fsp3) is 0.214. The summed E-state index contributed by atoms with van der Waals surface area (Å²) in [6.45, 7) is 2.58. The summed E-state index contributed by atoms with van der Waals surface area (Å²) in [5.41, 5.74) is 4.40. The lowest BCUT2D eigenvalue weighted by molar-refractivity contribution is -0.137. The van der Waals surface area contributed by atoms with Crippen LogP contribution in [0.4, 0.5) is 0 Å². The molecule has 1 heterocycles. The Labute approximate surface area is 127 Å². The molecule has 0 aliphatic rings. The zero-order chi connectivity index (χ0) is 15.2. The van der Waals surface area contributed by atoms with Gasteiger partial charge in [-0.3, -0.25) is 10.2 Å². The number of nitrogens with one attached hydrogen (secondary N) is 2. The number of benzene rings is 1. The lowest BCUT2D eigenvalue weighted by Gasteiger charge is -2.02. The van der Waals surface area contributed by atoms with Crippen molar-refractivity contribution in [1.82, 2.24) is 15.3 Å². The van der Waals surface area contributed by atoms with E-state index in [4.69, 9.17) is 17.3 Å². The Hall–Kier alpha value is -2.41. The first-order chi connectivity index (χ1) is 10.1. The van der Waals surface area contributed by atoms with Crippen molar-refractivity contribution in [3.8, 4) is 0 Å². The number of aliphatic carboxylic acids is 1. The first kappa shape index (κ1) is 15.0. The van der Waals surface area contributed by atoms with Gasteiger partial charge in [0.1, 0.15) is 6.54 Å². The van der Waals surface area contributed by atoms with Crippen LogP contribution in [0.1, 0.15) is 12.5 Å². The molecule has 0 amide bonds. The van der Waals surface area contributed by atoms with E-state index in [2.05, 4.69) is 15.8 Å². The van der Waals surface area contributed by atoms with Crippen molar-refractivity contribution in [2.24, 2.45) is 5.10 Å². The van der Waals surface area contributed by atoms with Gasteiger partial charge in [0.2, 0.25) is 0 Å². The Morgan fingerprint density at radius 1 is 1.48 bits per heavy atom. The number of fused-ring (bicyclic) bond motifs is 1. The summed E-state index contributed by atoms with van der Waals surface area (Å²) in [4.78, 5) is 10.9. The van der Waals surface area contributed by atoms with Crippen molar-refractivity contribution in [1.29, 1.82) is 0 Å². The lowest BCUT2D eigenvalue weighted by atomic mass is 10.2. The van der Waals surface area contributed by atoms with Gasteiger partial charge < -0.3 is 15.0 Å². The Morgan fingerprint density at radius 2 is 2.24 bits per heavy atom. The summed E-state index contributed by atoms with van der Waals surface area (Å²) in [7, 11) is 0. The maximum atomic E-state index is 10.9. The third kappa shape index (κ3) is 3.79. The number of carboxylic acid groups (broad SMARTS) is 1. The van der Waals surface area contributed by atoms with E-state index in [1.54, 1.807) is 17.0 Å². The maximum Gasteiger partial charge on any atom is 0.323 e. The minimum atomic E-state index is -0.884. The van der Waals surface area contributed by atoms with Gasteiger partial charge in [0.05, 0.1) is 6.21 Å². The van der Waals surface area contributed by atoms with Gasteiger partial charge in [-0.1, -0.05) is 18.2 Å². The summed E-state index contributed by atoms with van der Waals surface area (Å²) >= 11 is 5.01. The van der Waals surface area contributed by atoms with Crippen LogP contribution in [-0.2, 0) is 11.3 Å². The third-order valence-electron chi connectivity index (χ3n) is 2.83. The number of hydrazone groups is 1. The number of aromatic nitrogens is 1. The number of hydrogen-bond donors (Lipinski definition) is 3. The second kappa shape index (κ2) is 6.85. The zero-order valence-corrected chi connectivity index (χ0v) is 12.4. The maximum absolute atomic E-state index is 10.9. The van der Waals surface area contributed by atoms with Crippen LogP contribution in [0.15, 0.2) is 35.6 Å². The highest BCUT2D eigenvalue weighted by Crippen LogP contribution is 2.19. The van der Waals surface area contributed by atoms with Crippen LogP contribution in [0.3, 0.4) is 0 Å². The molecule has 1 aromatic carbocycles. The van der Waals surface area contributed by atoms with Crippen LogP contribution in [-0.4, -0.2) is 33.5 Å². The topological polar surface area (TPSA) is 78.7 Å². The SMILES string of the molecule is CCNC(=S)NN=Cc1cn(CC(=O)O)c2ccccc12. The number of nitrogens with zero attached hydrogens (tertiary/aromatic N) is 2. The Balaban J connectivity index is 2.25. The van der Waals surface area contributed by atoms with Crippen molar-refractivity contribution in [3.63, 3.8) is 0 Å². The van der Waals surface area contributed by atoms with Gasteiger partial charge in [-0.25, -0.2) is 0 Å². The van der Waals surface area contributed by atoms with Crippen molar-refractivity contribution < 1.29 is 9.90 Å². The van der Waals surface area contributed by atoms with E-state index in [0.717, 1.165) is 23.0 Å². The number of rotatable bonds is 5. The third-order valence-corrected chi connectivity index (χ3v) is 3.07. The molecule has 21 heavy (non-hydrogen) atoms. The summed E-state index contributed by atoms with van der Waals surface area (Å²) < 4.78 is 1.68. The molecule has 0 aliphatic heterocycles. The smallest absolute Gasteiger partial charge is 0.323 e. The molecule has 0 aliphatic carbocycles. The lowest BCUT2D eigenvalue weighted by Crippen LogP contribution is -2.31. The molecule has 7 heteroatoms. The minimum absolute atomic E-state index is 0.0857. The molecule has 0 fully saturated rings. The van der Waals surface area contributed by atoms with Gasteiger partial charge >= 0.3 is 5.97 Å². The number of thiocarbonyl (C=S) groups is 1. The average molecular weight is 304 g/mol. The molecule has 0 radical (unpaired) electrons. The van der Waals surface area contributed by atoms with E-state index in [-0.39, 0.29) is 6.54 Å². The molecular weight excluding hydrogens is 288 g/mol. The van der Waals surface area contributed by atoms with Gasteiger partial charge in [-0.15, -0.1) is 0 Å². The van der Waals surface area contributed by atoms with Crippen LogP contribution in [0.5, 0.6) is 0 Å². The zero-order valence-electron chi connectivity index (χ0n) is 11.5. The van der Waals surface area contributed by atoms with Gasteiger partial charge in [-0.2, -0.15) is 5.10 Å². The molecule has 6 nitrogen and oxygen atoms in total. The van der Waals surface area contributed by atoms with Crippen LogP contribution in [0.2, 0.25) is 0 Å². The molecule has 0 saturated carbocycles. The highest BCUT2D eigenvalue weighted by Gasteiger charge is 2.08. The second-order valence-electron chi connectivity index (χ2n) is 4.35. The minimum Gasteiger partial charge on any atom is -0.480 e. The van der Waals surface area contributed by atoms with Gasteiger partial charge in [-0.05, 0) is 25.2 Å². The van der Waals surface area contributed by atoms with Crippen molar-refractivity contribution in [2.75, 3.05) is 6.54 Å². The molecule has 2 aromatic rings. The Morgan fingerprint density at radius 3 is 2.95 bits per heavy atom. The van der Waals surface area contributed by atoms with Crippen LogP contribution >= 0.6 is 12.2 Å². The number of hydrogen-bond acceptors (Lipinski definition) is 3. The number of carbonyl (C=O) groups is 1. The molecular formula is C14H16N4O2S. The van der Waals surface area contributed by atoms with E-state index in [0.29, 0.717) is 5.11 Å². The molecule has 2 rings (SSSR count). The van der Waals surface area contributed by atoms with Crippen molar-refractivity contribution in [3.05, 3.63) is 36.0 Å². The molecule has 0 bridgehead atoms. The summed E-state index contributed by atoms with van der Waals surface area (Å²) in [5, 5.41) is 17.3. The molecule has 0 saturated heterocycles. The number of carboxylic acids is 1. The largest absolute Gasteiger partial charge is 0.480 e. The predicted octanol–water partition coefficient (Wildman–Crippen LogP) is 1.54. The van der Waals surface area contributed by atoms with Crippen molar-refractivity contribution in [2.45, 2.75) is 13.5 Å². The normalized spacial score (nSPS) is 10.9. The monoisotopic (exact) mass is 304 g/mol. The predicted molar refractivity (Wildman–Crippen MR) is 86.6 cm³/mol. The van der Waals surface area contributed by atoms with E-state index in [9.17, 15) is 4.79 Å². The summed E-state index contributed by atoms with van der Waals surface area (Å²) in [5.74, 6) is -0.884. The van der Waals surface area contributed by atoms with E-state index in [1.165, 1.54) is 0 Å². The average Bonchev–Trinajstić information content (AvgIpc) is 2.77. The quantitative estimate of drug-likeness (QED) is 0.444. The van der Waals surface area contributed by atoms with Crippen LogP contribution < -0.4 is 10.7 Å². The first-order valence-corrected chi connectivity index (χ1v) is 6.89. The highest BCUT2D eigenvalue weighted by atomic mass is 32.1. The Bertz CT molecular complexity index is 693.